The van der Waals surface area contributed by atoms with Crippen LogP contribution in [0.3, 0.4) is 0 Å². The van der Waals surface area contributed by atoms with Crippen molar-refractivity contribution in [3.63, 3.8) is 0 Å². The average Bonchev–Trinajstić information content (AvgIpc) is 2.78. The van der Waals surface area contributed by atoms with Crippen LogP contribution in [-0.4, -0.2) is 35.0 Å². The van der Waals surface area contributed by atoms with Crippen molar-refractivity contribution in [3.8, 4) is 0 Å². The number of carbonyl (C=O) groups excluding carboxylic acids is 1. The van der Waals surface area contributed by atoms with Gasteiger partial charge in [-0.25, -0.2) is 0 Å². The van der Waals surface area contributed by atoms with Crippen LogP contribution in [0.15, 0.2) is 6.07 Å². The molecule has 1 aliphatic rings. The lowest BCUT2D eigenvalue weighted by molar-refractivity contribution is -0.152. The summed E-state index contributed by atoms with van der Waals surface area (Å²) in [5.74, 6) is -0.684. The molecule has 0 aliphatic carbocycles. The third-order valence-electron chi connectivity index (χ3n) is 4.51. The molecule has 0 bridgehead atoms. The van der Waals surface area contributed by atoms with E-state index < -0.39 is 11.4 Å². The maximum absolute atomic E-state index is 12.4. The maximum atomic E-state index is 12.4. The fraction of sp³-hybridized carbons (Fsp3) is 0.600. The van der Waals surface area contributed by atoms with Gasteiger partial charge in [0.15, 0.2) is 0 Å². The Kier molecular flexibility index (Phi) is 4.18. The first kappa shape index (κ1) is 15.0. The first-order chi connectivity index (χ1) is 9.39. The lowest BCUT2D eigenvalue weighted by Crippen LogP contribution is -2.46. The highest BCUT2D eigenvalue weighted by molar-refractivity contribution is 7.14. The van der Waals surface area contributed by atoms with Crippen molar-refractivity contribution in [3.05, 3.63) is 21.4 Å². The van der Waals surface area contributed by atoms with E-state index in [1.807, 2.05) is 26.8 Å². The monoisotopic (exact) mass is 295 g/mol. The second-order valence-electron chi connectivity index (χ2n) is 5.58. The van der Waals surface area contributed by atoms with Gasteiger partial charge in [0.25, 0.3) is 5.91 Å². The number of nitrogens with zero attached hydrogens (tertiary/aromatic N) is 1. The van der Waals surface area contributed by atoms with E-state index in [2.05, 4.69) is 0 Å². The van der Waals surface area contributed by atoms with E-state index in [0.717, 1.165) is 10.4 Å². The second kappa shape index (κ2) is 5.56. The molecule has 1 saturated heterocycles. The van der Waals surface area contributed by atoms with Crippen LogP contribution in [0.1, 0.15) is 46.3 Å². The summed E-state index contributed by atoms with van der Waals surface area (Å²) in [4.78, 5) is 27.5. The quantitative estimate of drug-likeness (QED) is 0.932. The van der Waals surface area contributed by atoms with E-state index in [0.29, 0.717) is 32.4 Å². The van der Waals surface area contributed by atoms with Gasteiger partial charge >= 0.3 is 5.97 Å². The number of thiophene rings is 1. The largest absolute Gasteiger partial charge is 0.481 e. The molecule has 1 N–H and O–H groups in total. The number of aliphatic carboxylic acids is 1. The fourth-order valence-electron chi connectivity index (χ4n) is 2.69. The van der Waals surface area contributed by atoms with E-state index in [1.54, 1.807) is 4.90 Å². The molecule has 0 atom stereocenters. The Labute approximate surface area is 123 Å². The highest BCUT2D eigenvalue weighted by Gasteiger charge is 2.41. The Morgan fingerprint density at radius 3 is 2.35 bits per heavy atom. The van der Waals surface area contributed by atoms with Crippen LogP contribution >= 0.6 is 11.3 Å². The number of carboxylic acids is 1. The van der Waals surface area contributed by atoms with Crippen LogP contribution in [0.2, 0.25) is 0 Å². The molecule has 0 saturated carbocycles. The van der Waals surface area contributed by atoms with Gasteiger partial charge in [-0.05, 0) is 44.7 Å². The summed E-state index contributed by atoms with van der Waals surface area (Å²) in [5.41, 5.74) is 0.502. The number of likely N-dealkylation sites (tertiary alicyclic amines) is 1. The number of carboxylic acid groups (broad SMARTS) is 1. The Hall–Kier alpha value is -1.36. The molecule has 2 rings (SSSR count). The predicted octanol–water partition coefficient (Wildman–Crippen LogP) is 3.08. The molecule has 0 spiro atoms. The van der Waals surface area contributed by atoms with Crippen molar-refractivity contribution in [2.24, 2.45) is 5.41 Å². The molecule has 1 aliphatic heterocycles. The first-order valence-electron chi connectivity index (χ1n) is 6.99. The minimum atomic E-state index is -0.727. The molecular formula is C15H21NO3S. The number of hydrogen-bond acceptors (Lipinski definition) is 3. The van der Waals surface area contributed by atoms with Crippen molar-refractivity contribution in [1.82, 2.24) is 4.90 Å². The Morgan fingerprint density at radius 1 is 1.35 bits per heavy atom. The van der Waals surface area contributed by atoms with E-state index in [-0.39, 0.29) is 5.91 Å². The van der Waals surface area contributed by atoms with E-state index in [4.69, 9.17) is 0 Å². The zero-order valence-electron chi connectivity index (χ0n) is 12.2. The van der Waals surface area contributed by atoms with Gasteiger partial charge in [0.05, 0.1) is 10.3 Å². The van der Waals surface area contributed by atoms with Gasteiger partial charge in [-0.3, -0.25) is 9.59 Å². The molecule has 5 heteroatoms. The van der Waals surface area contributed by atoms with Crippen LogP contribution in [0.4, 0.5) is 0 Å². The van der Waals surface area contributed by atoms with E-state index >= 15 is 0 Å². The number of carbonyl (C=O) groups is 2. The van der Waals surface area contributed by atoms with E-state index in [1.165, 1.54) is 16.2 Å². The zero-order valence-corrected chi connectivity index (χ0v) is 13.0. The zero-order chi connectivity index (χ0) is 14.9. The summed E-state index contributed by atoms with van der Waals surface area (Å²) in [5, 5.41) is 9.37. The minimum absolute atomic E-state index is 0.0429. The molecule has 1 aromatic rings. The van der Waals surface area contributed by atoms with Gasteiger partial charge in [-0.2, -0.15) is 0 Å². The summed E-state index contributed by atoms with van der Waals surface area (Å²) >= 11 is 1.52. The van der Waals surface area contributed by atoms with Gasteiger partial charge in [-0.15, -0.1) is 11.3 Å². The summed E-state index contributed by atoms with van der Waals surface area (Å²) < 4.78 is 0. The molecular weight excluding hydrogens is 274 g/mol. The Morgan fingerprint density at radius 2 is 1.95 bits per heavy atom. The van der Waals surface area contributed by atoms with Crippen molar-refractivity contribution < 1.29 is 14.7 Å². The number of aryl methyl sites for hydroxylation is 2. The Bertz CT molecular complexity index is 508. The maximum Gasteiger partial charge on any atom is 0.309 e. The first-order valence-corrected chi connectivity index (χ1v) is 7.81. The molecule has 1 aromatic heterocycles. The van der Waals surface area contributed by atoms with Crippen LogP contribution < -0.4 is 0 Å². The molecule has 4 nitrogen and oxygen atoms in total. The van der Waals surface area contributed by atoms with Crippen LogP contribution in [0.5, 0.6) is 0 Å². The van der Waals surface area contributed by atoms with E-state index in [9.17, 15) is 14.7 Å². The lowest BCUT2D eigenvalue weighted by Gasteiger charge is -2.38. The standard InChI is InChI=1S/C15H21NO3S/c1-4-15(14(18)19)5-7-16(8-6-15)13(17)12-9-10(2)11(3)20-12/h9H,4-8H2,1-3H3,(H,18,19). The molecule has 2 heterocycles. The van der Waals surface area contributed by atoms with Gasteiger partial charge < -0.3 is 10.0 Å². The minimum Gasteiger partial charge on any atom is -0.481 e. The third kappa shape index (κ3) is 2.59. The second-order valence-corrected chi connectivity index (χ2v) is 6.84. The van der Waals surface area contributed by atoms with Gasteiger partial charge in [-0.1, -0.05) is 6.92 Å². The molecule has 110 valence electrons. The molecule has 1 fully saturated rings. The van der Waals surface area contributed by atoms with Crippen molar-refractivity contribution in [1.29, 1.82) is 0 Å². The molecule has 0 unspecified atom stereocenters. The average molecular weight is 295 g/mol. The fourth-order valence-corrected chi connectivity index (χ4v) is 3.69. The Balaban J connectivity index is 2.07. The van der Waals surface area contributed by atoms with Crippen LogP contribution in [0.25, 0.3) is 0 Å². The van der Waals surface area contributed by atoms with Crippen molar-refractivity contribution >= 4 is 23.2 Å². The summed E-state index contributed by atoms with van der Waals surface area (Å²) in [6, 6.07) is 1.93. The van der Waals surface area contributed by atoms with Crippen molar-refractivity contribution in [2.45, 2.75) is 40.0 Å². The topological polar surface area (TPSA) is 57.6 Å². The number of rotatable bonds is 3. The van der Waals surface area contributed by atoms with Gasteiger partial charge in [0.1, 0.15) is 0 Å². The van der Waals surface area contributed by atoms with Crippen LogP contribution in [0, 0.1) is 19.3 Å². The predicted molar refractivity (Wildman–Crippen MR) is 79.3 cm³/mol. The molecule has 1 amide bonds. The number of amides is 1. The van der Waals surface area contributed by atoms with Gasteiger partial charge in [0.2, 0.25) is 0 Å². The summed E-state index contributed by atoms with van der Waals surface area (Å²) in [6.45, 7) is 7.01. The number of hydrogen-bond donors (Lipinski definition) is 1. The van der Waals surface area contributed by atoms with Crippen molar-refractivity contribution in [2.75, 3.05) is 13.1 Å². The lowest BCUT2D eigenvalue weighted by atomic mass is 9.76. The number of piperidine rings is 1. The van der Waals surface area contributed by atoms with Crippen LogP contribution in [-0.2, 0) is 4.79 Å². The molecule has 0 aromatic carbocycles. The SMILES string of the molecule is CCC1(C(=O)O)CCN(C(=O)c2cc(C)c(C)s2)CC1. The van der Waals surface area contributed by atoms with Gasteiger partial charge in [0, 0.05) is 18.0 Å². The third-order valence-corrected chi connectivity index (χ3v) is 5.66. The molecule has 20 heavy (non-hydrogen) atoms. The smallest absolute Gasteiger partial charge is 0.309 e. The normalized spacial score (nSPS) is 18.1. The highest BCUT2D eigenvalue weighted by Crippen LogP contribution is 2.36. The highest BCUT2D eigenvalue weighted by atomic mass is 32.1. The molecule has 0 radical (unpaired) electrons. The summed E-state index contributed by atoms with van der Waals surface area (Å²) in [6.07, 6.45) is 1.73. The summed E-state index contributed by atoms with van der Waals surface area (Å²) in [7, 11) is 0.